The number of nitrogens with one attached hydrogen (secondary N) is 2. The van der Waals surface area contributed by atoms with Crippen LogP contribution in [0, 0.1) is 0 Å². The van der Waals surface area contributed by atoms with E-state index in [0.717, 1.165) is 19.7 Å². The zero-order chi connectivity index (χ0) is 12.1. The van der Waals surface area contributed by atoms with Crippen molar-refractivity contribution in [2.75, 3.05) is 31.6 Å². The van der Waals surface area contributed by atoms with Gasteiger partial charge in [0, 0.05) is 19.6 Å². The van der Waals surface area contributed by atoms with Crippen LogP contribution in [0.4, 0.5) is 5.82 Å². The van der Waals surface area contributed by atoms with E-state index in [-0.39, 0.29) is 11.8 Å². The second-order valence-corrected chi connectivity index (χ2v) is 3.85. The van der Waals surface area contributed by atoms with E-state index in [1.807, 2.05) is 0 Å². The summed E-state index contributed by atoms with van der Waals surface area (Å²) in [6, 6.07) is 5.13. The first kappa shape index (κ1) is 11.8. The molecule has 0 saturated carbocycles. The Morgan fingerprint density at radius 2 is 2.53 bits per heavy atom. The third-order valence-corrected chi connectivity index (χ3v) is 2.52. The number of hydrogen-bond donors (Lipinski definition) is 3. The molecule has 1 aromatic rings. The van der Waals surface area contributed by atoms with E-state index in [1.54, 1.807) is 18.2 Å². The molecule has 0 aromatic carbocycles. The average molecular weight is 236 g/mol. The molecule has 1 fully saturated rings. The molecular weight excluding hydrogens is 220 g/mol. The van der Waals surface area contributed by atoms with Crippen molar-refractivity contribution in [1.29, 1.82) is 0 Å². The topological polar surface area (TPSA) is 89.3 Å². The SMILES string of the molecule is NC(=O)c1cccc(NCC2CNCCO2)n1. The molecule has 1 aromatic heterocycles. The van der Waals surface area contributed by atoms with Crippen molar-refractivity contribution >= 4 is 11.7 Å². The first-order valence-electron chi connectivity index (χ1n) is 5.59. The highest BCUT2D eigenvalue weighted by molar-refractivity contribution is 5.91. The van der Waals surface area contributed by atoms with Gasteiger partial charge < -0.3 is 21.1 Å². The molecule has 6 heteroatoms. The maximum absolute atomic E-state index is 11.0. The smallest absolute Gasteiger partial charge is 0.267 e. The minimum Gasteiger partial charge on any atom is -0.374 e. The third kappa shape index (κ3) is 3.40. The molecule has 0 radical (unpaired) electrons. The van der Waals surface area contributed by atoms with Crippen LogP contribution in [0.5, 0.6) is 0 Å². The molecule has 4 N–H and O–H groups in total. The fourth-order valence-corrected chi connectivity index (χ4v) is 1.64. The number of pyridine rings is 1. The number of primary amides is 1. The Hall–Kier alpha value is -1.66. The lowest BCUT2D eigenvalue weighted by atomic mass is 10.3. The fourth-order valence-electron chi connectivity index (χ4n) is 1.64. The van der Waals surface area contributed by atoms with Gasteiger partial charge in [0.25, 0.3) is 5.91 Å². The summed E-state index contributed by atoms with van der Waals surface area (Å²) in [7, 11) is 0. The van der Waals surface area contributed by atoms with Crippen LogP contribution in [0.1, 0.15) is 10.5 Å². The van der Waals surface area contributed by atoms with Crippen molar-refractivity contribution in [1.82, 2.24) is 10.3 Å². The van der Waals surface area contributed by atoms with E-state index in [9.17, 15) is 4.79 Å². The Morgan fingerprint density at radius 3 is 3.24 bits per heavy atom. The lowest BCUT2D eigenvalue weighted by molar-refractivity contribution is 0.0372. The van der Waals surface area contributed by atoms with Crippen molar-refractivity contribution in [3.8, 4) is 0 Å². The van der Waals surface area contributed by atoms with Crippen LogP contribution in [0.3, 0.4) is 0 Å². The van der Waals surface area contributed by atoms with Gasteiger partial charge in [-0.1, -0.05) is 6.07 Å². The van der Waals surface area contributed by atoms with E-state index < -0.39 is 5.91 Å². The summed E-state index contributed by atoms with van der Waals surface area (Å²) < 4.78 is 5.53. The number of rotatable bonds is 4. The van der Waals surface area contributed by atoms with Crippen LogP contribution in [-0.2, 0) is 4.74 Å². The third-order valence-electron chi connectivity index (χ3n) is 2.52. The number of ether oxygens (including phenoxy) is 1. The number of carbonyl (C=O) groups is 1. The summed E-state index contributed by atoms with van der Waals surface area (Å²) in [5, 5.41) is 6.37. The summed E-state index contributed by atoms with van der Waals surface area (Å²) in [5.41, 5.74) is 5.42. The summed E-state index contributed by atoms with van der Waals surface area (Å²) in [4.78, 5) is 15.1. The molecule has 1 aliphatic heterocycles. The number of nitrogens with two attached hydrogens (primary N) is 1. The van der Waals surface area contributed by atoms with Gasteiger partial charge in [0.1, 0.15) is 11.5 Å². The second-order valence-electron chi connectivity index (χ2n) is 3.85. The molecule has 92 valence electrons. The van der Waals surface area contributed by atoms with Gasteiger partial charge in [-0.15, -0.1) is 0 Å². The maximum atomic E-state index is 11.0. The number of hydrogen-bond acceptors (Lipinski definition) is 5. The number of carbonyl (C=O) groups excluding carboxylic acids is 1. The molecule has 17 heavy (non-hydrogen) atoms. The van der Waals surface area contributed by atoms with E-state index >= 15 is 0 Å². The number of nitrogens with zero attached hydrogens (tertiary/aromatic N) is 1. The number of aromatic nitrogens is 1. The minimum absolute atomic E-state index is 0.128. The van der Waals surface area contributed by atoms with Crippen LogP contribution >= 0.6 is 0 Å². The first-order chi connectivity index (χ1) is 8.25. The van der Waals surface area contributed by atoms with Gasteiger partial charge in [0.2, 0.25) is 0 Å². The monoisotopic (exact) mass is 236 g/mol. The highest BCUT2D eigenvalue weighted by Crippen LogP contribution is 2.05. The van der Waals surface area contributed by atoms with E-state index in [4.69, 9.17) is 10.5 Å². The fraction of sp³-hybridized carbons (Fsp3) is 0.455. The van der Waals surface area contributed by atoms with E-state index in [0.29, 0.717) is 12.4 Å². The van der Waals surface area contributed by atoms with Crippen LogP contribution in [0.2, 0.25) is 0 Å². The molecule has 0 bridgehead atoms. The Balaban J connectivity index is 1.89. The van der Waals surface area contributed by atoms with Gasteiger partial charge >= 0.3 is 0 Å². The van der Waals surface area contributed by atoms with Crippen molar-refractivity contribution in [3.05, 3.63) is 23.9 Å². The summed E-state index contributed by atoms with van der Waals surface area (Å²) in [6.45, 7) is 3.09. The summed E-state index contributed by atoms with van der Waals surface area (Å²) in [6.07, 6.45) is 0.128. The lowest BCUT2D eigenvalue weighted by Crippen LogP contribution is -2.42. The molecule has 2 rings (SSSR count). The highest BCUT2D eigenvalue weighted by Gasteiger charge is 2.13. The normalized spacial score (nSPS) is 19.9. The molecule has 2 heterocycles. The average Bonchev–Trinajstić information content (AvgIpc) is 2.38. The summed E-state index contributed by atoms with van der Waals surface area (Å²) in [5.74, 6) is 0.111. The first-order valence-corrected chi connectivity index (χ1v) is 5.59. The van der Waals surface area contributed by atoms with Gasteiger partial charge in [0.05, 0.1) is 12.7 Å². The van der Waals surface area contributed by atoms with Crippen LogP contribution < -0.4 is 16.4 Å². The molecule has 1 saturated heterocycles. The summed E-state index contributed by atoms with van der Waals surface area (Å²) >= 11 is 0. The van der Waals surface area contributed by atoms with E-state index in [1.165, 1.54) is 0 Å². The molecule has 1 unspecified atom stereocenters. The molecule has 1 amide bonds. The quantitative estimate of drug-likeness (QED) is 0.660. The van der Waals surface area contributed by atoms with Crippen molar-refractivity contribution < 1.29 is 9.53 Å². The molecule has 1 aliphatic rings. The Labute approximate surface area is 99.5 Å². The maximum Gasteiger partial charge on any atom is 0.267 e. The predicted molar refractivity (Wildman–Crippen MR) is 63.9 cm³/mol. The zero-order valence-corrected chi connectivity index (χ0v) is 9.48. The number of anilines is 1. The molecule has 1 atom stereocenters. The molecular formula is C11H16N4O2. The Kier molecular flexibility index (Phi) is 3.89. The van der Waals surface area contributed by atoms with Gasteiger partial charge in [0.15, 0.2) is 0 Å². The lowest BCUT2D eigenvalue weighted by Gasteiger charge is -2.23. The van der Waals surface area contributed by atoms with Crippen molar-refractivity contribution in [2.24, 2.45) is 5.73 Å². The van der Waals surface area contributed by atoms with E-state index in [2.05, 4.69) is 15.6 Å². The highest BCUT2D eigenvalue weighted by atomic mass is 16.5. The van der Waals surface area contributed by atoms with Gasteiger partial charge in [-0.25, -0.2) is 4.98 Å². The predicted octanol–water partition coefficient (Wildman–Crippen LogP) is -0.419. The molecule has 0 aliphatic carbocycles. The van der Waals surface area contributed by atoms with Gasteiger partial charge in [-0.3, -0.25) is 4.79 Å². The number of amides is 1. The number of morpholine rings is 1. The standard InChI is InChI=1S/C11H16N4O2/c12-11(16)9-2-1-3-10(15-9)14-7-8-6-13-4-5-17-8/h1-3,8,13H,4-7H2,(H2,12,16)(H,14,15). The van der Waals surface area contributed by atoms with Crippen molar-refractivity contribution in [2.45, 2.75) is 6.10 Å². The molecule has 0 spiro atoms. The Morgan fingerprint density at radius 1 is 1.65 bits per heavy atom. The minimum atomic E-state index is -0.524. The zero-order valence-electron chi connectivity index (χ0n) is 9.48. The molecule has 6 nitrogen and oxygen atoms in total. The van der Waals surface area contributed by atoms with Gasteiger partial charge in [-0.2, -0.15) is 0 Å². The van der Waals surface area contributed by atoms with Crippen LogP contribution in [0.25, 0.3) is 0 Å². The Bertz CT molecular complexity index is 391. The van der Waals surface area contributed by atoms with Crippen molar-refractivity contribution in [3.63, 3.8) is 0 Å². The van der Waals surface area contributed by atoms with Gasteiger partial charge in [-0.05, 0) is 12.1 Å². The van der Waals surface area contributed by atoms with Crippen LogP contribution in [0.15, 0.2) is 18.2 Å². The second kappa shape index (κ2) is 5.60. The largest absolute Gasteiger partial charge is 0.374 e. The van der Waals surface area contributed by atoms with Crippen LogP contribution in [-0.4, -0.2) is 43.2 Å².